The van der Waals surface area contributed by atoms with Crippen LogP contribution in [0.1, 0.15) is 43.7 Å². The Morgan fingerprint density at radius 1 is 1.39 bits per heavy atom. The number of hydrogen-bond donors (Lipinski definition) is 0. The van der Waals surface area contributed by atoms with Gasteiger partial charge in [-0.3, -0.25) is 4.79 Å². The number of carbonyl (C=O) groups excluding carboxylic acids is 1. The molecule has 0 saturated heterocycles. The van der Waals surface area contributed by atoms with Gasteiger partial charge in [-0.1, -0.05) is 13.8 Å². The second-order valence-corrected chi connectivity index (χ2v) is 4.99. The Hall–Kier alpha value is -1.89. The van der Waals surface area contributed by atoms with Crippen molar-refractivity contribution < 1.29 is 4.79 Å². The molecule has 0 atom stereocenters. The van der Waals surface area contributed by atoms with E-state index in [0.717, 1.165) is 0 Å². The predicted molar refractivity (Wildman–Crippen MR) is 70.0 cm³/mol. The second-order valence-electron chi connectivity index (χ2n) is 4.99. The molecular weight excluding hydrogens is 226 g/mol. The van der Waals surface area contributed by atoms with Crippen LogP contribution in [0.5, 0.6) is 0 Å². The van der Waals surface area contributed by atoms with Crippen LogP contribution >= 0.6 is 0 Å². The summed E-state index contributed by atoms with van der Waals surface area (Å²) >= 11 is 0. The lowest BCUT2D eigenvalue weighted by Crippen LogP contribution is -2.39. The van der Waals surface area contributed by atoms with Crippen molar-refractivity contribution in [2.24, 2.45) is 5.92 Å². The second kappa shape index (κ2) is 6.15. The van der Waals surface area contributed by atoms with E-state index in [1.54, 1.807) is 17.0 Å². The van der Waals surface area contributed by atoms with Crippen LogP contribution in [0.15, 0.2) is 18.3 Å². The zero-order chi connectivity index (χ0) is 13.7. The molecule has 0 unspecified atom stereocenters. The van der Waals surface area contributed by atoms with Crippen molar-refractivity contribution in [1.29, 1.82) is 5.26 Å². The SMILES string of the molecule is CC(C)CN(C(=O)c1ccc(C#N)cn1)C(C)C. The molecule has 1 rings (SSSR count). The van der Waals surface area contributed by atoms with Gasteiger partial charge in [-0.05, 0) is 31.9 Å². The van der Waals surface area contributed by atoms with Crippen LogP contribution in [-0.2, 0) is 0 Å². The summed E-state index contributed by atoms with van der Waals surface area (Å²) in [5.41, 5.74) is 0.856. The fourth-order valence-electron chi connectivity index (χ4n) is 1.66. The molecule has 1 amide bonds. The molecule has 0 radical (unpaired) electrons. The zero-order valence-corrected chi connectivity index (χ0v) is 11.3. The highest BCUT2D eigenvalue weighted by Gasteiger charge is 2.20. The number of aromatic nitrogens is 1. The Kier molecular flexibility index (Phi) is 4.85. The molecular formula is C14H19N3O. The minimum Gasteiger partial charge on any atom is -0.335 e. The minimum absolute atomic E-state index is 0.0804. The number of carbonyl (C=O) groups is 1. The van der Waals surface area contributed by atoms with Gasteiger partial charge in [0, 0.05) is 18.8 Å². The summed E-state index contributed by atoms with van der Waals surface area (Å²) in [6.07, 6.45) is 1.43. The maximum atomic E-state index is 12.3. The number of rotatable bonds is 4. The molecule has 0 N–H and O–H groups in total. The van der Waals surface area contributed by atoms with Crippen LogP contribution in [0, 0.1) is 17.2 Å². The van der Waals surface area contributed by atoms with Crippen LogP contribution in [0.4, 0.5) is 0 Å². The lowest BCUT2D eigenvalue weighted by molar-refractivity contribution is 0.0676. The normalized spacial score (nSPS) is 10.5. The van der Waals surface area contributed by atoms with Crippen LogP contribution < -0.4 is 0 Å². The van der Waals surface area contributed by atoms with E-state index >= 15 is 0 Å². The molecule has 0 aliphatic heterocycles. The maximum absolute atomic E-state index is 12.3. The Morgan fingerprint density at radius 2 is 2.06 bits per heavy atom. The molecule has 0 bridgehead atoms. The van der Waals surface area contributed by atoms with Crippen LogP contribution in [0.3, 0.4) is 0 Å². The summed E-state index contributed by atoms with van der Waals surface area (Å²) in [5, 5.41) is 8.70. The van der Waals surface area contributed by atoms with Crippen molar-refractivity contribution in [2.45, 2.75) is 33.7 Å². The van der Waals surface area contributed by atoms with E-state index < -0.39 is 0 Å². The van der Waals surface area contributed by atoms with E-state index in [1.807, 2.05) is 19.9 Å². The summed E-state index contributed by atoms with van der Waals surface area (Å²) in [6.45, 7) is 8.84. The zero-order valence-electron chi connectivity index (χ0n) is 11.3. The first kappa shape index (κ1) is 14.2. The summed E-state index contributed by atoms with van der Waals surface area (Å²) in [6, 6.07) is 5.35. The Bertz CT molecular complexity index is 443. The molecule has 0 aliphatic carbocycles. The van der Waals surface area contributed by atoms with Gasteiger partial charge in [-0.2, -0.15) is 5.26 Å². The first-order chi connectivity index (χ1) is 8.45. The first-order valence-electron chi connectivity index (χ1n) is 6.12. The van der Waals surface area contributed by atoms with Gasteiger partial charge >= 0.3 is 0 Å². The fourth-order valence-corrected chi connectivity index (χ4v) is 1.66. The molecule has 1 aromatic heterocycles. The molecule has 1 aromatic rings. The third-order valence-electron chi connectivity index (χ3n) is 2.56. The Morgan fingerprint density at radius 3 is 2.44 bits per heavy atom. The number of amides is 1. The van der Waals surface area contributed by atoms with E-state index in [2.05, 4.69) is 18.8 Å². The fraction of sp³-hybridized carbons (Fsp3) is 0.500. The predicted octanol–water partition coefficient (Wildman–Crippen LogP) is 2.46. The van der Waals surface area contributed by atoms with Gasteiger partial charge < -0.3 is 4.90 Å². The molecule has 0 spiro atoms. The summed E-state index contributed by atoms with van der Waals surface area (Å²) in [5.74, 6) is 0.331. The monoisotopic (exact) mass is 245 g/mol. The largest absolute Gasteiger partial charge is 0.335 e. The lowest BCUT2D eigenvalue weighted by atomic mass is 10.1. The third-order valence-corrected chi connectivity index (χ3v) is 2.56. The van der Waals surface area contributed by atoms with E-state index in [4.69, 9.17) is 5.26 Å². The number of nitriles is 1. The van der Waals surface area contributed by atoms with E-state index in [-0.39, 0.29) is 11.9 Å². The van der Waals surface area contributed by atoms with Gasteiger partial charge in [0.15, 0.2) is 0 Å². The molecule has 0 aliphatic rings. The standard InChI is InChI=1S/C14H19N3O/c1-10(2)9-17(11(3)4)14(18)13-6-5-12(7-15)8-16-13/h5-6,8,10-11H,9H2,1-4H3. The van der Waals surface area contributed by atoms with Gasteiger partial charge in [0.05, 0.1) is 5.56 Å². The lowest BCUT2D eigenvalue weighted by Gasteiger charge is -2.28. The highest BCUT2D eigenvalue weighted by molar-refractivity contribution is 5.92. The Labute approximate surface area is 108 Å². The van der Waals surface area contributed by atoms with Crippen molar-refractivity contribution in [3.63, 3.8) is 0 Å². The molecule has 0 aromatic carbocycles. The van der Waals surface area contributed by atoms with E-state index in [9.17, 15) is 4.79 Å². The summed E-state index contributed by atoms with van der Waals surface area (Å²) in [4.78, 5) is 18.2. The first-order valence-corrected chi connectivity index (χ1v) is 6.12. The maximum Gasteiger partial charge on any atom is 0.272 e. The van der Waals surface area contributed by atoms with Crippen LogP contribution in [-0.4, -0.2) is 28.4 Å². The average molecular weight is 245 g/mol. The Balaban J connectivity index is 2.91. The number of hydrogen-bond acceptors (Lipinski definition) is 3. The average Bonchev–Trinajstić information content (AvgIpc) is 2.34. The van der Waals surface area contributed by atoms with Crippen molar-refractivity contribution >= 4 is 5.91 Å². The van der Waals surface area contributed by atoms with Crippen molar-refractivity contribution in [3.05, 3.63) is 29.6 Å². The van der Waals surface area contributed by atoms with Gasteiger partial charge in [0.2, 0.25) is 0 Å². The van der Waals surface area contributed by atoms with Gasteiger partial charge in [-0.15, -0.1) is 0 Å². The van der Waals surface area contributed by atoms with Gasteiger partial charge in [0.1, 0.15) is 11.8 Å². The summed E-state index contributed by atoms with van der Waals surface area (Å²) in [7, 11) is 0. The topological polar surface area (TPSA) is 57.0 Å². The van der Waals surface area contributed by atoms with Crippen LogP contribution in [0.25, 0.3) is 0 Å². The minimum atomic E-state index is -0.0804. The molecule has 4 nitrogen and oxygen atoms in total. The smallest absolute Gasteiger partial charge is 0.272 e. The van der Waals surface area contributed by atoms with Gasteiger partial charge in [0.25, 0.3) is 5.91 Å². The highest BCUT2D eigenvalue weighted by Crippen LogP contribution is 2.10. The van der Waals surface area contributed by atoms with E-state index in [1.165, 1.54) is 6.20 Å². The quantitative estimate of drug-likeness (QED) is 0.818. The third kappa shape index (κ3) is 3.56. The van der Waals surface area contributed by atoms with Gasteiger partial charge in [-0.25, -0.2) is 4.98 Å². The van der Waals surface area contributed by atoms with E-state index in [0.29, 0.717) is 23.7 Å². The number of nitrogens with zero attached hydrogens (tertiary/aromatic N) is 3. The molecule has 96 valence electrons. The van der Waals surface area contributed by atoms with Crippen molar-refractivity contribution in [2.75, 3.05) is 6.54 Å². The van der Waals surface area contributed by atoms with Crippen molar-refractivity contribution in [1.82, 2.24) is 9.88 Å². The molecule has 18 heavy (non-hydrogen) atoms. The molecule has 4 heteroatoms. The van der Waals surface area contributed by atoms with Crippen molar-refractivity contribution in [3.8, 4) is 6.07 Å². The molecule has 0 saturated carbocycles. The molecule has 1 heterocycles. The molecule has 0 fully saturated rings. The summed E-state index contributed by atoms with van der Waals surface area (Å²) < 4.78 is 0. The number of pyridine rings is 1. The highest BCUT2D eigenvalue weighted by atomic mass is 16.2. The van der Waals surface area contributed by atoms with Crippen LogP contribution in [0.2, 0.25) is 0 Å².